The summed E-state index contributed by atoms with van der Waals surface area (Å²) in [5, 5.41) is 5.24. The Morgan fingerprint density at radius 1 is 1.27 bits per heavy atom. The van der Waals surface area contributed by atoms with Crippen LogP contribution in [0, 0.1) is 0 Å². The van der Waals surface area contributed by atoms with Crippen molar-refractivity contribution in [2.24, 2.45) is 10.2 Å². The molecular weight excluding hydrogens is 191 g/mol. The smallest absolute Gasteiger partial charge is 0.273 e. The van der Waals surface area contributed by atoms with E-state index in [4.69, 9.17) is 23.2 Å². The zero-order valence-corrected chi connectivity index (χ0v) is 6.69. The Morgan fingerprint density at radius 2 is 1.91 bits per heavy atom. The molecule has 0 amide bonds. The molecule has 0 aliphatic carbocycles. The van der Waals surface area contributed by atoms with Crippen molar-refractivity contribution in [1.29, 1.82) is 0 Å². The fourth-order valence-electron chi connectivity index (χ4n) is 0.625. The minimum absolute atomic E-state index is 0.0378. The summed E-state index contributed by atoms with van der Waals surface area (Å²) in [5.41, 5.74) is -0.0849. The molecular formula is C5H2Cl2N2O2. The van der Waals surface area contributed by atoms with E-state index in [1.807, 2.05) is 0 Å². The van der Waals surface area contributed by atoms with Crippen molar-refractivity contribution < 1.29 is 9.59 Å². The first-order chi connectivity index (χ1) is 5.13. The molecule has 0 N–H and O–H groups in total. The number of azo groups is 1. The molecule has 0 aromatic heterocycles. The van der Waals surface area contributed by atoms with Crippen molar-refractivity contribution in [2.75, 3.05) is 6.54 Å². The largest absolute Gasteiger partial charge is 0.276 e. The lowest BCUT2D eigenvalue weighted by molar-refractivity contribution is -0.110. The van der Waals surface area contributed by atoms with Gasteiger partial charge in [0.2, 0.25) is 0 Å². The Bertz CT molecular complexity index is 282. The molecule has 0 saturated heterocycles. The first kappa shape index (κ1) is 8.36. The Balaban J connectivity index is 3.02. The van der Waals surface area contributed by atoms with Crippen molar-refractivity contribution in [2.45, 2.75) is 0 Å². The van der Waals surface area contributed by atoms with Crippen molar-refractivity contribution in [3.05, 3.63) is 11.3 Å². The predicted octanol–water partition coefficient (Wildman–Crippen LogP) is 1.24. The SMILES string of the molecule is O=C(Cl)C1=C(C(=O)Cl)N=NC1. The fourth-order valence-corrected chi connectivity index (χ4v) is 0.926. The second-order valence-corrected chi connectivity index (χ2v) is 2.46. The lowest BCUT2D eigenvalue weighted by atomic mass is 10.2. The summed E-state index contributed by atoms with van der Waals surface area (Å²) in [7, 11) is 0. The van der Waals surface area contributed by atoms with E-state index in [0.717, 1.165) is 0 Å². The van der Waals surface area contributed by atoms with Crippen LogP contribution in [0.1, 0.15) is 0 Å². The summed E-state index contributed by atoms with van der Waals surface area (Å²) < 4.78 is 0. The van der Waals surface area contributed by atoms with Gasteiger partial charge in [0.05, 0.1) is 12.1 Å². The number of allylic oxidation sites excluding steroid dienone is 1. The standard InChI is InChI=1S/C5H2Cl2N2O2/c6-4(10)2-1-8-9-3(2)5(7)11/h1H2. The van der Waals surface area contributed by atoms with Crippen LogP contribution >= 0.6 is 23.2 Å². The van der Waals surface area contributed by atoms with Gasteiger partial charge in [0.25, 0.3) is 10.5 Å². The molecule has 58 valence electrons. The van der Waals surface area contributed by atoms with Crippen molar-refractivity contribution in [3.8, 4) is 0 Å². The highest BCUT2D eigenvalue weighted by Crippen LogP contribution is 2.19. The van der Waals surface area contributed by atoms with E-state index in [1.165, 1.54) is 0 Å². The predicted molar refractivity (Wildman–Crippen MR) is 38.5 cm³/mol. The maximum Gasteiger partial charge on any atom is 0.273 e. The number of hydrogen-bond acceptors (Lipinski definition) is 4. The lowest BCUT2D eigenvalue weighted by Gasteiger charge is -1.90. The number of nitrogens with zero attached hydrogens (tertiary/aromatic N) is 2. The van der Waals surface area contributed by atoms with Gasteiger partial charge < -0.3 is 0 Å². The lowest BCUT2D eigenvalue weighted by Crippen LogP contribution is -2.01. The van der Waals surface area contributed by atoms with Gasteiger partial charge in [-0.2, -0.15) is 5.11 Å². The summed E-state index contributed by atoms with van der Waals surface area (Å²) in [6.45, 7) is 0.0378. The third-order valence-corrected chi connectivity index (χ3v) is 1.52. The van der Waals surface area contributed by atoms with Crippen LogP contribution in [0.2, 0.25) is 0 Å². The maximum absolute atomic E-state index is 10.5. The van der Waals surface area contributed by atoms with E-state index in [-0.39, 0.29) is 17.8 Å². The normalized spacial score (nSPS) is 15.8. The van der Waals surface area contributed by atoms with E-state index < -0.39 is 10.5 Å². The van der Waals surface area contributed by atoms with Crippen LogP contribution in [0.25, 0.3) is 0 Å². The number of halogens is 2. The van der Waals surface area contributed by atoms with Gasteiger partial charge in [0.1, 0.15) is 0 Å². The molecule has 0 saturated carbocycles. The highest BCUT2D eigenvalue weighted by Gasteiger charge is 2.22. The molecule has 0 aromatic rings. The van der Waals surface area contributed by atoms with Crippen LogP contribution < -0.4 is 0 Å². The Morgan fingerprint density at radius 3 is 2.27 bits per heavy atom. The van der Waals surface area contributed by atoms with Crippen LogP contribution in [-0.2, 0) is 9.59 Å². The van der Waals surface area contributed by atoms with Gasteiger partial charge in [-0.1, -0.05) is 0 Å². The zero-order valence-electron chi connectivity index (χ0n) is 5.17. The number of carbonyl (C=O) groups is 2. The van der Waals surface area contributed by atoms with Crippen molar-refractivity contribution >= 4 is 33.7 Å². The van der Waals surface area contributed by atoms with Gasteiger partial charge in [0.15, 0.2) is 5.70 Å². The Hall–Kier alpha value is -0.740. The van der Waals surface area contributed by atoms with E-state index in [9.17, 15) is 9.59 Å². The van der Waals surface area contributed by atoms with Crippen LogP contribution in [0.15, 0.2) is 21.5 Å². The van der Waals surface area contributed by atoms with Gasteiger partial charge in [-0.25, -0.2) is 0 Å². The molecule has 6 heteroatoms. The summed E-state index contributed by atoms with van der Waals surface area (Å²) >= 11 is 10.2. The van der Waals surface area contributed by atoms with Gasteiger partial charge in [-0.05, 0) is 23.2 Å². The molecule has 1 heterocycles. The number of hydrogen-bond donors (Lipinski definition) is 0. The molecule has 0 atom stereocenters. The average molecular weight is 193 g/mol. The van der Waals surface area contributed by atoms with Gasteiger partial charge in [0, 0.05) is 0 Å². The second kappa shape index (κ2) is 3.11. The third kappa shape index (κ3) is 1.64. The molecule has 1 rings (SSSR count). The summed E-state index contributed by atoms with van der Waals surface area (Å²) in [6.07, 6.45) is 0. The monoisotopic (exact) mass is 192 g/mol. The first-order valence-corrected chi connectivity index (χ1v) is 3.39. The molecule has 0 aromatic carbocycles. The number of rotatable bonds is 2. The summed E-state index contributed by atoms with van der Waals surface area (Å²) in [4.78, 5) is 21.0. The van der Waals surface area contributed by atoms with Gasteiger partial charge >= 0.3 is 0 Å². The Kier molecular flexibility index (Phi) is 2.36. The summed E-state index contributed by atoms with van der Waals surface area (Å²) in [5.74, 6) is 0. The zero-order chi connectivity index (χ0) is 8.43. The highest BCUT2D eigenvalue weighted by molar-refractivity contribution is 6.71. The van der Waals surface area contributed by atoms with Crippen molar-refractivity contribution in [3.63, 3.8) is 0 Å². The molecule has 0 spiro atoms. The molecule has 0 bridgehead atoms. The topological polar surface area (TPSA) is 58.9 Å². The average Bonchev–Trinajstić information content (AvgIpc) is 2.32. The molecule has 1 aliphatic rings. The van der Waals surface area contributed by atoms with Crippen LogP contribution in [0.3, 0.4) is 0 Å². The minimum atomic E-state index is -0.810. The minimum Gasteiger partial charge on any atom is -0.276 e. The molecule has 0 fully saturated rings. The van der Waals surface area contributed by atoms with Gasteiger partial charge in [-0.15, -0.1) is 5.11 Å². The van der Waals surface area contributed by atoms with E-state index in [0.29, 0.717) is 0 Å². The van der Waals surface area contributed by atoms with Crippen LogP contribution in [0.5, 0.6) is 0 Å². The maximum atomic E-state index is 10.5. The fraction of sp³-hybridized carbons (Fsp3) is 0.200. The molecule has 1 aliphatic heterocycles. The quantitative estimate of drug-likeness (QED) is 0.619. The molecule has 0 unspecified atom stereocenters. The molecule has 0 radical (unpaired) electrons. The second-order valence-electron chi connectivity index (χ2n) is 1.77. The first-order valence-electron chi connectivity index (χ1n) is 2.63. The van der Waals surface area contributed by atoms with Crippen LogP contribution in [-0.4, -0.2) is 17.0 Å². The third-order valence-electron chi connectivity index (χ3n) is 1.11. The van der Waals surface area contributed by atoms with Crippen LogP contribution in [0.4, 0.5) is 0 Å². The Labute approximate surface area is 71.9 Å². The van der Waals surface area contributed by atoms with Crippen molar-refractivity contribution in [1.82, 2.24) is 0 Å². The van der Waals surface area contributed by atoms with Gasteiger partial charge in [-0.3, -0.25) is 9.59 Å². The highest BCUT2D eigenvalue weighted by atomic mass is 35.5. The molecule has 11 heavy (non-hydrogen) atoms. The number of carbonyl (C=O) groups excluding carboxylic acids is 2. The molecule has 4 nitrogen and oxygen atoms in total. The van der Waals surface area contributed by atoms with E-state index >= 15 is 0 Å². The van der Waals surface area contributed by atoms with E-state index in [2.05, 4.69) is 10.2 Å². The summed E-state index contributed by atoms with van der Waals surface area (Å²) in [6, 6.07) is 0. The van der Waals surface area contributed by atoms with E-state index in [1.54, 1.807) is 0 Å².